The Bertz CT molecular complexity index is 1140. The molecule has 3 aromatic rings. The van der Waals surface area contributed by atoms with Gasteiger partial charge in [0.2, 0.25) is 0 Å². The summed E-state index contributed by atoms with van der Waals surface area (Å²) in [6.45, 7) is 7.14. The van der Waals surface area contributed by atoms with Crippen LogP contribution in [0.2, 0.25) is 0 Å². The molecule has 1 aliphatic rings. The number of methoxy groups -OCH3 is 1. The zero-order valence-corrected chi connectivity index (χ0v) is 21.5. The Kier molecular flexibility index (Phi) is 7.71. The smallest absolute Gasteiger partial charge is 0.183 e. The van der Waals surface area contributed by atoms with E-state index in [1.54, 1.807) is 18.4 Å². The maximum atomic E-state index is 13.2. The SMILES string of the molecule is COc1ccc(-c2sc(NCC3CCCCC3)nc2C)cc1S(=O)Nc1ccc(C)c(C)c1. The van der Waals surface area contributed by atoms with Gasteiger partial charge < -0.3 is 14.8 Å². The third-order valence-corrected chi connectivity index (χ3v) is 8.71. The van der Waals surface area contributed by atoms with Crippen LogP contribution in [0.5, 0.6) is 5.75 Å². The summed E-state index contributed by atoms with van der Waals surface area (Å²) >= 11 is 1.66. The van der Waals surface area contributed by atoms with Crippen LogP contribution in [0.3, 0.4) is 0 Å². The van der Waals surface area contributed by atoms with Gasteiger partial charge >= 0.3 is 0 Å². The average molecular weight is 484 g/mol. The predicted molar refractivity (Wildman–Crippen MR) is 140 cm³/mol. The molecule has 0 spiro atoms. The van der Waals surface area contributed by atoms with Gasteiger partial charge in [-0.15, -0.1) is 0 Å². The Balaban J connectivity index is 1.54. The average Bonchev–Trinajstić information content (AvgIpc) is 3.20. The number of hydrogen-bond donors (Lipinski definition) is 2. The maximum absolute atomic E-state index is 13.2. The summed E-state index contributed by atoms with van der Waals surface area (Å²) in [5.41, 5.74) is 5.18. The third-order valence-electron chi connectivity index (χ3n) is 6.41. The van der Waals surface area contributed by atoms with Gasteiger partial charge in [0.05, 0.1) is 17.7 Å². The molecule has 1 atom stereocenters. The molecule has 176 valence electrons. The van der Waals surface area contributed by atoms with Gasteiger partial charge in [0.1, 0.15) is 10.6 Å². The maximum Gasteiger partial charge on any atom is 0.183 e. The minimum atomic E-state index is -1.46. The second kappa shape index (κ2) is 10.7. The summed E-state index contributed by atoms with van der Waals surface area (Å²) in [6, 6.07) is 11.9. The molecule has 1 unspecified atom stereocenters. The fourth-order valence-electron chi connectivity index (χ4n) is 4.29. The number of thiazole rings is 1. The molecule has 2 aromatic carbocycles. The normalized spacial score (nSPS) is 15.3. The van der Waals surface area contributed by atoms with E-state index in [-0.39, 0.29) is 0 Å². The number of anilines is 2. The lowest BCUT2D eigenvalue weighted by Crippen LogP contribution is -2.16. The van der Waals surface area contributed by atoms with Crippen LogP contribution in [0, 0.1) is 26.7 Å². The van der Waals surface area contributed by atoms with Crippen molar-refractivity contribution >= 4 is 33.1 Å². The molecule has 1 aromatic heterocycles. The molecular weight excluding hydrogens is 450 g/mol. The zero-order chi connectivity index (χ0) is 23.4. The lowest BCUT2D eigenvalue weighted by molar-refractivity contribution is 0.373. The quantitative estimate of drug-likeness (QED) is 0.367. The van der Waals surface area contributed by atoms with Crippen molar-refractivity contribution in [1.82, 2.24) is 4.98 Å². The number of nitrogens with one attached hydrogen (secondary N) is 2. The highest BCUT2D eigenvalue weighted by Gasteiger charge is 2.18. The van der Waals surface area contributed by atoms with E-state index >= 15 is 0 Å². The van der Waals surface area contributed by atoms with Crippen molar-refractivity contribution < 1.29 is 8.95 Å². The molecule has 0 saturated heterocycles. The number of nitrogens with zero attached hydrogens (tertiary/aromatic N) is 1. The van der Waals surface area contributed by atoms with E-state index in [4.69, 9.17) is 9.72 Å². The summed E-state index contributed by atoms with van der Waals surface area (Å²) in [7, 11) is 0.150. The van der Waals surface area contributed by atoms with Crippen LogP contribution in [0.1, 0.15) is 48.9 Å². The summed E-state index contributed by atoms with van der Waals surface area (Å²) in [6.07, 6.45) is 6.68. The Hall–Kier alpha value is -2.38. The minimum absolute atomic E-state index is 0.603. The van der Waals surface area contributed by atoms with Crippen LogP contribution >= 0.6 is 11.3 Å². The molecule has 33 heavy (non-hydrogen) atoms. The van der Waals surface area contributed by atoms with Crippen LogP contribution < -0.4 is 14.8 Å². The van der Waals surface area contributed by atoms with Gasteiger partial charge in [-0.1, -0.05) is 36.7 Å². The first-order valence-electron chi connectivity index (χ1n) is 11.6. The van der Waals surface area contributed by atoms with Crippen molar-refractivity contribution in [3.63, 3.8) is 0 Å². The van der Waals surface area contributed by atoms with E-state index in [2.05, 4.69) is 23.9 Å². The van der Waals surface area contributed by atoms with E-state index in [0.29, 0.717) is 10.6 Å². The van der Waals surface area contributed by atoms with Crippen molar-refractivity contribution in [3.05, 3.63) is 53.2 Å². The van der Waals surface area contributed by atoms with Gasteiger partial charge in [0.25, 0.3) is 0 Å². The van der Waals surface area contributed by atoms with E-state index in [0.717, 1.165) is 45.0 Å². The second-order valence-electron chi connectivity index (χ2n) is 8.85. The topological polar surface area (TPSA) is 63.2 Å². The number of ether oxygens (including phenoxy) is 1. The van der Waals surface area contributed by atoms with E-state index in [9.17, 15) is 4.21 Å². The van der Waals surface area contributed by atoms with Crippen LogP contribution in [-0.4, -0.2) is 22.8 Å². The number of aromatic nitrogens is 1. The molecule has 1 heterocycles. The largest absolute Gasteiger partial charge is 0.495 e. The van der Waals surface area contributed by atoms with Crippen LogP contribution in [0.25, 0.3) is 10.4 Å². The second-order valence-corrected chi connectivity index (χ2v) is 11.0. The fraction of sp³-hybridized carbons (Fsp3) is 0.423. The molecule has 4 rings (SSSR count). The van der Waals surface area contributed by atoms with Crippen molar-refractivity contribution in [2.24, 2.45) is 5.92 Å². The van der Waals surface area contributed by atoms with Gasteiger partial charge in [0.15, 0.2) is 16.1 Å². The summed E-state index contributed by atoms with van der Waals surface area (Å²) in [5, 5.41) is 4.52. The van der Waals surface area contributed by atoms with Crippen LogP contribution in [0.15, 0.2) is 41.3 Å². The Morgan fingerprint density at radius 2 is 1.85 bits per heavy atom. The van der Waals surface area contributed by atoms with Gasteiger partial charge in [-0.25, -0.2) is 9.19 Å². The molecule has 5 nitrogen and oxygen atoms in total. The number of rotatable bonds is 8. The molecule has 2 N–H and O–H groups in total. The molecule has 0 radical (unpaired) electrons. The number of hydrogen-bond acceptors (Lipinski definition) is 5. The molecule has 0 aliphatic heterocycles. The van der Waals surface area contributed by atoms with E-state index in [1.807, 2.05) is 43.3 Å². The summed E-state index contributed by atoms with van der Waals surface area (Å²) in [5.74, 6) is 1.35. The number of aryl methyl sites for hydroxylation is 3. The standard InChI is InChI=1S/C26H33N3O2S2/c1-17-10-12-22(14-18(17)2)29-33(30)24-15-21(11-13-23(24)31-4)25-19(3)28-26(32-25)27-16-20-8-6-5-7-9-20/h10-15,20,29H,5-9,16H2,1-4H3,(H,27,28). The molecule has 0 bridgehead atoms. The Morgan fingerprint density at radius 1 is 1.06 bits per heavy atom. The van der Waals surface area contributed by atoms with Crippen molar-refractivity contribution in [2.75, 3.05) is 23.7 Å². The van der Waals surface area contributed by atoms with Crippen LogP contribution in [0.4, 0.5) is 10.8 Å². The minimum Gasteiger partial charge on any atom is -0.495 e. The number of benzene rings is 2. The highest BCUT2D eigenvalue weighted by atomic mass is 32.2. The van der Waals surface area contributed by atoms with Gasteiger partial charge in [-0.05, 0) is 86.6 Å². The lowest BCUT2D eigenvalue weighted by atomic mass is 9.89. The van der Waals surface area contributed by atoms with Crippen molar-refractivity contribution in [1.29, 1.82) is 0 Å². The highest BCUT2D eigenvalue weighted by Crippen LogP contribution is 2.36. The fourth-order valence-corrected chi connectivity index (χ4v) is 6.28. The Morgan fingerprint density at radius 3 is 2.58 bits per heavy atom. The molecule has 1 fully saturated rings. The summed E-state index contributed by atoms with van der Waals surface area (Å²) < 4.78 is 21.9. The molecule has 1 saturated carbocycles. The highest BCUT2D eigenvalue weighted by molar-refractivity contribution is 7.86. The third kappa shape index (κ3) is 5.76. The van der Waals surface area contributed by atoms with Gasteiger partial charge in [-0.3, -0.25) is 0 Å². The molecular formula is C26H33N3O2S2. The van der Waals surface area contributed by atoms with Gasteiger partial charge in [0, 0.05) is 12.2 Å². The Labute approximate surface area is 203 Å². The van der Waals surface area contributed by atoms with Gasteiger partial charge in [-0.2, -0.15) is 0 Å². The van der Waals surface area contributed by atoms with E-state index in [1.165, 1.54) is 37.7 Å². The first-order valence-corrected chi connectivity index (χ1v) is 13.6. The summed E-state index contributed by atoms with van der Waals surface area (Å²) in [4.78, 5) is 6.47. The molecule has 0 amide bonds. The van der Waals surface area contributed by atoms with E-state index < -0.39 is 11.0 Å². The first-order chi connectivity index (χ1) is 15.9. The monoisotopic (exact) mass is 483 g/mol. The lowest BCUT2D eigenvalue weighted by Gasteiger charge is -2.21. The van der Waals surface area contributed by atoms with Crippen molar-refractivity contribution in [2.45, 2.75) is 57.8 Å². The predicted octanol–water partition coefficient (Wildman–Crippen LogP) is 6.87. The molecule has 1 aliphatic carbocycles. The first kappa shape index (κ1) is 23.8. The zero-order valence-electron chi connectivity index (χ0n) is 19.9. The van der Waals surface area contributed by atoms with Crippen LogP contribution in [-0.2, 0) is 11.0 Å². The molecule has 7 heteroatoms. The van der Waals surface area contributed by atoms with Crippen molar-refractivity contribution in [3.8, 4) is 16.2 Å².